The molecule has 0 spiro atoms. The van der Waals surface area contributed by atoms with Crippen molar-refractivity contribution in [3.63, 3.8) is 0 Å². The lowest BCUT2D eigenvalue weighted by molar-refractivity contribution is 0.0949. The van der Waals surface area contributed by atoms with Gasteiger partial charge >= 0.3 is 0 Å². The number of hydrazone groups is 1. The van der Waals surface area contributed by atoms with Crippen LogP contribution in [0.1, 0.15) is 28.5 Å². The second-order valence-electron chi connectivity index (χ2n) is 6.01. The molecule has 0 unspecified atom stereocenters. The number of carbonyl (C=O) groups is 1. The highest BCUT2D eigenvalue weighted by molar-refractivity contribution is 5.96. The lowest BCUT2D eigenvalue weighted by Crippen LogP contribution is -2.19. The zero-order valence-corrected chi connectivity index (χ0v) is 16.0. The van der Waals surface area contributed by atoms with Gasteiger partial charge in [0, 0.05) is 11.1 Å². The minimum Gasteiger partial charge on any atom is -0.497 e. The summed E-state index contributed by atoms with van der Waals surface area (Å²) in [6, 6.07) is 15.0. The van der Waals surface area contributed by atoms with Crippen LogP contribution in [-0.2, 0) is 0 Å². The SMILES string of the molecule is CCOc1ccc(-c2n[nH]c(C(=O)N/N=C/c3cccc(OC)c3)c2C)cc1. The number of aromatic nitrogens is 2. The molecule has 0 saturated heterocycles. The summed E-state index contributed by atoms with van der Waals surface area (Å²) in [4.78, 5) is 12.4. The highest BCUT2D eigenvalue weighted by atomic mass is 16.5. The lowest BCUT2D eigenvalue weighted by Gasteiger charge is -2.04. The third-order valence-electron chi connectivity index (χ3n) is 4.15. The normalized spacial score (nSPS) is 10.8. The van der Waals surface area contributed by atoms with Crippen molar-refractivity contribution < 1.29 is 14.3 Å². The molecule has 1 amide bonds. The molecule has 0 aliphatic heterocycles. The average molecular weight is 378 g/mol. The molecule has 1 aromatic heterocycles. The summed E-state index contributed by atoms with van der Waals surface area (Å²) in [5, 5.41) is 11.1. The second-order valence-corrected chi connectivity index (χ2v) is 6.01. The van der Waals surface area contributed by atoms with E-state index in [0.29, 0.717) is 18.0 Å². The topological polar surface area (TPSA) is 88.6 Å². The Labute approximate surface area is 163 Å². The largest absolute Gasteiger partial charge is 0.497 e. The van der Waals surface area contributed by atoms with Gasteiger partial charge < -0.3 is 9.47 Å². The monoisotopic (exact) mass is 378 g/mol. The fourth-order valence-electron chi connectivity index (χ4n) is 2.72. The number of nitrogens with one attached hydrogen (secondary N) is 2. The Hall–Kier alpha value is -3.61. The molecule has 3 rings (SSSR count). The Kier molecular flexibility index (Phi) is 6.06. The van der Waals surface area contributed by atoms with Crippen LogP contribution in [0.15, 0.2) is 53.6 Å². The maximum atomic E-state index is 12.4. The summed E-state index contributed by atoms with van der Waals surface area (Å²) in [6.45, 7) is 4.39. The van der Waals surface area contributed by atoms with E-state index in [9.17, 15) is 4.79 Å². The van der Waals surface area contributed by atoms with Crippen molar-refractivity contribution in [3.05, 3.63) is 65.4 Å². The van der Waals surface area contributed by atoms with Gasteiger partial charge in [-0.25, -0.2) is 5.43 Å². The Morgan fingerprint density at radius 1 is 1.21 bits per heavy atom. The average Bonchev–Trinajstić information content (AvgIpc) is 3.10. The predicted octanol–water partition coefficient (Wildman–Crippen LogP) is 3.56. The van der Waals surface area contributed by atoms with Crippen LogP contribution in [0.3, 0.4) is 0 Å². The standard InChI is InChI=1S/C21H22N4O3/c1-4-28-17-10-8-16(9-11-17)19-14(2)20(24-23-19)21(26)25-22-13-15-6-5-7-18(12-15)27-3/h5-13H,4H2,1-3H3,(H,23,24)(H,25,26)/b22-13+. The number of aromatic amines is 1. The zero-order valence-electron chi connectivity index (χ0n) is 16.0. The van der Waals surface area contributed by atoms with Gasteiger partial charge in [-0.3, -0.25) is 9.89 Å². The first-order valence-corrected chi connectivity index (χ1v) is 8.88. The molecule has 0 fully saturated rings. The van der Waals surface area contributed by atoms with Gasteiger partial charge in [0.05, 0.1) is 25.6 Å². The van der Waals surface area contributed by atoms with Gasteiger partial charge in [0.2, 0.25) is 0 Å². The maximum absolute atomic E-state index is 12.4. The minimum atomic E-state index is -0.360. The molecule has 1 heterocycles. The zero-order chi connectivity index (χ0) is 19.9. The number of methoxy groups -OCH3 is 1. The molecule has 0 saturated carbocycles. The van der Waals surface area contributed by atoms with Crippen molar-refractivity contribution in [2.24, 2.45) is 5.10 Å². The lowest BCUT2D eigenvalue weighted by atomic mass is 10.1. The number of hydrogen-bond donors (Lipinski definition) is 2. The first-order valence-electron chi connectivity index (χ1n) is 8.88. The molecule has 7 heteroatoms. The van der Waals surface area contributed by atoms with Crippen molar-refractivity contribution in [2.75, 3.05) is 13.7 Å². The predicted molar refractivity (Wildman–Crippen MR) is 108 cm³/mol. The van der Waals surface area contributed by atoms with E-state index >= 15 is 0 Å². The summed E-state index contributed by atoms with van der Waals surface area (Å²) in [7, 11) is 1.60. The van der Waals surface area contributed by atoms with Crippen LogP contribution in [-0.4, -0.2) is 36.0 Å². The first-order chi connectivity index (χ1) is 13.6. The van der Waals surface area contributed by atoms with Crippen LogP contribution < -0.4 is 14.9 Å². The van der Waals surface area contributed by atoms with Crippen LogP contribution >= 0.6 is 0 Å². The van der Waals surface area contributed by atoms with Crippen molar-refractivity contribution in [1.82, 2.24) is 15.6 Å². The third kappa shape index (κ3) is 4.37. The minimum absolute atomic E-state index is 0.360. The van der Waals surface area contributed by atoms with Crippen molar-refractivity contribution >= 4 is 12.1 Å². The first kappa shape index (κ1) is 19.2. The fraction of sp³-hybridized carbons (Fsp3) is 0.190. The van der Waals surface area contributed by atoms with Gasteiger partial charge in [-0.15, -0.1) is 0 Å². The summed E-state index contributed by atoms with van der Waals surface area (Å²) >= 11 is 0. The highest BCUT2D eigenvalue weighted by Crippen LogP contribution is 2.25. The number of amides is 1. The molecule has 2 N–H and O–H groups in total. The molecule has 7 nitrogen and oxygen atoms in total. The summed E-state index contributed by atoms with van der Waals surface area (Å²) in [5.41, 5.74) is 6.06. The highest BCUT2D eigenvalue weighted by Gasteiger charge is 2.16. The number of nitrogens with zero attached hydrogens (tertiary/aromatic N) is 2. The van der Waals surface area contributed by atoms with Gasteiger partial charge in [0.1, 0.15) is 17.2 Å². The van der Waals surface area contributed by atoms with E-state index in [1.165, 1.54) is 0 Å². The van der Waals surface area contributed by atoms with Crippen molar-refractivity contribution in [3.8, 4) is 22.8 Å². The van der Waals surface area contributed by atoms with Crippen LogP contribution in [0.25, 0.3) is 11.3 Å². The summed E-state index contributed by atoms with van der Waals surface area (Å²) < 4.78 is 10.6. The number of hydrogen-bond acceptors (Lipinski definition) is 5. The van der Waals surface area contributed by atoms with Gasteiger partial charge in [0.25, 0.3) is 5.91 Å². The molecular weight excluding hydrogens is 356 g/mol. The van der Waals surface area contributed by atoms with Crippen LogP contribution in [0, 0.1) is 6.92 Å². The molecular formula is C21H22N4O3. The van der Waals surface area contributed by atoms with Crippen LogP contribution in [0.2, 0.25) is 0 Å². The summed E-state index contributed by atoms with van der Waals surface area (Å²) in [6.07, 6.45) is 1.56. The number of carbonyl (C=O) groups excluding carboxylic acids is 1. The van der Waals surface area contributed by atoms with Crippen LogP contribution in [0.5, 0.6) is 11.5 Å². The Morgan fingerprint density at radius 2 is 2.00 bits per heavy atom. The van der Waals surface area contributed by atoms with E-state index < -0.39 is 0 Å². The summed E-state index contributed by atoms with van der Waals surface area (Å²) in [5.74, 6) is 1.16. The molecule has 0 aliphatic carbocycles. The van der Waals surface area contributed by atoms with Gasteiger partial charge in [-0.2, -0.15) is 10.2 Å². The second kappa shape index (κ2) is 8.85. The third-order valence-corrected chi connectivity index (χ3v) is 4.15. The fourth-order valence-corrected chi connectivity index (χ4v) is 2.72. The van der Waals surface area contributed by atoms with Gasteiger partial charge in [0.15, 0.2) is 0 Å². The number of rotatable bonds is 7. The molecule has 2 aromatic carbocycles. The van der Waals surface area contributed by atoms with E-state index in [1.807, 2.05) is 62.4 Å². The Balaban J connectivity index is 1.70. The molecule has 0 radical (unpaired) electrons. The maximum Gasteiger partial charge on any atom is 0.289 e. The number of ether oxygens (including phenoxy) is 2. The molecule has 0 aliphatic rings. The molecule has 28 heavy (non-hydrogen) atoms. The quantitative estimate of drug-likeness (QED) is 0.486. The molecule has 0 atom stereocenters. The van der Waals surface area contributed by atoms with E-state index in [0.717, 1.165) is 28.2 Å². The number of H-pyrrole nitrogens is 1. The smallest absolute Gasteiger partial charge is 0.289 e. The molecule has 3 aromatic rings. The Bertz CT molecular complexity index is 978. The van der Waals surface area contributed by atoms with E-state index in [1.54, 1.807) is 13.3 Å². The Morgan fingerprint density at radius 3 is 2.71 bits per heavy atom. The van der Waals surface area contributed by atoms with Crippen molar-refractivity contribution in [2.45, 2.75) is 13.8 Å². The molecule has 144 valence electrons. The van der Waals surface area contributed by atoms with Gasteiger partial charge in [-0.1, -0.05) is 12.1 Å². The van der Waals surface area contributed by atoms with E-state index in [4.69, 9.17) is 9.47 Å². The van der Waals surface area contributed by atoms with Crippen molar-refractivity contribution in [1.29, 1.82) is 0 Å². The van der Waals surface area contributed by atoms with E-state index in [-0.39, 0.29) is 5.91 Å². The van der Waals surface area contributed by atoms with Gasteiger partial charge in [-0.05, 0) is 55.8 Å². The van der Waals surface area contributed by atoms with E-state index in [2.05, 4.69) is 20.7 Å². The van der Waals surface area contributed by atoms with Crippen LogP contribution in [0.4, 0.5) is 0 Å². The molecule has 0 bridgehead atoms. The number of benzene rings is 2.